The first-order chi connectivity index (χ1) is 10.7. The van der Waals surface area contributed by atoms with E-state index in [9.17, 15) is 18.0 Å². The van der Waals surface area contributed by atoms with E-state index >= 15 is 0 Å². The average Bonchev–Trinajstić information content (AvgIpc) is 2.48. The minimum atomic E-state index is -4.48. The number of halogens is 5. The molecule has 0 radical (unpaired) electrons. The normalized spacial score (nSPS) is 11.2. The van der Waals surface area contributed by atoms with Crippen LogP contribution in [0, 0.1) is 0 Å². The third-order valence-corrected chi connectivity index (χ3v) is 4.27. The van der Waals surface area contributed by atoms with Gasteiger partial charge < -0.3 is 10.1 Å². The number of methoxy groups -OCH3 is 1. The molecule has 0 heterocycles. The van der Waals surface area contributed by atoms with Gasteiger partial charge in [0, 0.05) is 10.0 Å². The largest absolute Gasteiger partial charge is 0.496 e. The molecule has 2 aromatic carbocycles. The first kappa shape index (κ1) is 17.8. The summed E-state index contributed by atoms with van der Waals surface area (Å²) in [4.78, 5) is 12.2. The molecule has 0 aliphatic heterocycles. The Kier molecular flexibility index (Phi) is 5.36. The summed E-state index contributed by atoms with van der Waals surface area (Å²) in [5, 5.41) is 2.46. The SMILES string of the molecule is COc1ccc(C(=O)Nc2cc(C(F)(F)F)ccc2Br)cc1Br. The van der Waals surface area contributed by atoms with Crippen molar-refractivity contribution >= 4 is 43.5 Å². The maximum absolute atomic E-state index is 12.7. The van der Waals surface area contributed by atoms with Crippen LogP contribution >= 0.6 is 31.9 Å². The van der Waals surface area contributed by atoms with E-state index in [0.717, 1.165) is 12.1 Å². The van der Waals surface area contributed by atoms with Crippen molar-refractivity contribution in [1.82, 2.24) is 0 Å². The van der Waals surface area contributed by atoms with Crippen molar-refractivity contribution in [2.24, 2.45) is 0 Å². The van der Waals surface area contributed by atoms with E-state index in [0.29, 0.717) is 14.7 Å². The van der Waals surface area contributed by atoms with E-state index in [1.807, 2.05) is 0 Å². The molecule has 0 aromatic heterocycles. The van der Waals surface area contributed by atoms with Crippen molar-refractivity contribution in [3.8, 4) is 5.75 Å². The lowest BCUT2D eigenvalue weighted by molar-refractivity contribution is -0.137. The van der Waals surface area contributed by atoms with Gasteiger partial charge in [0.25, 0.3) is 5.91 Å². The van der Waals surface area contributed by atoms with Crippen LogP contribution < -0.4 is 10.1 Å². The predicted molar refractivity (Wildman–Crippen MR) is 87.8 cm³/mol. The number of benzene rings is 2. The van der Waals surface area contributed by atoms with E-state index in [1.54, 1.807) is 6.07 Å². The number of ether oxygens (including phenoxy) is 1. The van der Waals surface area contributed by atoms with Crippen LogP contribution in [0.4, 0.5) is 18.9 Å². The number of carbonyl (C=O) groups excluding carboxylic acids is 1. The van der Waals surface area contributed by atoms with Gasteiger partial charge in [-0.1, -0.05) is 0 Å². The third-order valence-electron chi connectivity index (χ3n) is 2.96. The minimum Gasteiger partial charge on any atom is -0.496 e. The van der Waals surface area contributed by atoms with E-state index in [1.165, 1.54) is 25.3 Å². The van der Waals surface area contributed by atoms with E-state index in [2.05, 4.69) is 37.2 Å². The maximum atomic E-state index is 12.7. The van der Waals surface area contributed by atoms with Gasteiger partial charge in [0.05, 0.1) is 22.8 Å². The van der Waals surface area contributed by atoms with E-state index in [-0.39, 0.29) is 11.3 Å². The maximum Gasteiger partial charge on any atom is 0.416 e. The lowest BCUT2D eigenvalue weighted by Crippen LogP contribution is -2.13. The first-order valence-electron chi connectivity index (χ1n) is 6.24. The Hall–Kier alpha value is -1.54. The number of amides is 1. The fourth-order valence-electron chi connectivity index (χ4n) is 1.80. The van der Waals surface area contributed by atoms with E-state index in [4.69, 9.17) is 4.74 Å². The van der Waals surface area contributed by atoms with Crippen LogP contribution in [0.3, 0.4) is 0 Å². The van der Waals surface area contributed by atoms with Crippen LogP contribution in [-0.2, 0) is 6.18 Å². The van der Waals surface area contributed by atoms with Crippen LogP contribution in [-0.4, -0.2) is 13.0 Å². The molecule has 1 N–H and O–H groups in total. The number of carbonyl (C=O) groups is 1. The van der Waals surface area contributed by atoms with Crippen molar-refractivity contribution in [2.75, 3.05) is 12.4 Å². The van der Waals surface area contributed by atoms with Gasteiger partial charge in [-0.2, -0.15) is 13.2 Å². The zero-order chi connectivity index (χ0) is 17.2. The highest BCUT2D eigenvalue weighted by atomic mass is 79.9. The fourth-order valence-corrected chi connectivity index (χ4v) is 2.69. The molecular weight excluding hydrogens is 443 g/mol. The Balaban J connectivity index is 2.28. The van der Waals surface area contributed by atoms with Crippen LogP contribution in [0.5, 0.6) is 5.75 Å². The summed E-state index contributed by atoms with van der Waals surface area (Å²) in [6.45, 7) is 0. The van der Waals surface area contributed by atoms with Gasteiger partial charge in [0.2, 0.25) is 0 Å². The fraction of sp³-hybridized carbons (Fsp3) is 0.133. The average molecular weight is 453 g/mol. The molecule has 8 heteroatoms. The molecule has 0 bridgehead atoms. The molecule has 0 aliphatic rings. The summed E-state index contributed by atoms with van der Waals surface area (Å²) >= 11 is 6.37. The third kappa shape index (κ3) is 4.26. The highest BCUT2D eigenvalue weighted by Crippen LogP contribution is 2.34. The standard InChI is InChI=1S/C15H10Br2F3NO2/c1-23-13-5-2-8(6-11(13)17)14(22)21-12-7-9(15(18,19)20)3-4-10(12)16/h2-7H,1H3,(H,21,22). The monoisotopic (exact) mass is 451 g/mol. The molecule has 0 atom stereocenters. The summed E-state index contributed by atoms with van der Waals surface area (Å²) in [7, 11) is 1.49. The molecule has 122 valence electrons. The molecule has 0 fully saturated rings. The number of nitrogens with one attached hydrogen (secondary N) is 1. The number of anilines is 1. The summed E-state index contributed by atoms with van der Waals surface area (Å²) in [6, 6.07) is 7.67. The van der Waals surface area contributed by atoms with Crippen LogP contribution in [0.25, 0.3) is 0 Å². The summed E-state index contributed by atoms with van der Waals surface area (Å²) in [6.07, 6.45) is -4.48. The summed E-state index contributed by atoms with van der Waals surface area (Å²) in [5.41, 5.74) is -0.523. The Bertz CT molecular complexity index is 748. The zero-order valence-electron chi connectivity index (χ0n) is 11.7. The highest BCUT2D eigenvalue weighted by molar-refractivity contribution is 9.11. The van der Waals surface area contributed by atoms with Gasteiger partial charge >= 0.3 is 6.18 Å². The summed E-state index contributed by atoms with van der Waals surface area (Å²) < 4.78 is 44.2. The van der Waals surface area contributed by atoms with Crippen molar-refractivity contribution in [1.29, 1.82) is 0 Å². The number of hydrogen-bond donors (Lipinski definition) is 1. The molecule has 2 aromatic rings. The first-order valence-corrected chi connectivity index (χ1v) is 7.82. The van der Waals surface area contributed by atoms with Crippen molar-refractivity contribution < 1.29 is 22.7 Å². The topological polar surface area (TPSA) is 38.3 Å². The number of alkyl halides is 3. The molecule has 3 nitrogen and oxygen atoms in total. The van der Waals surface area contributed by atoms with Gasteiger partial charge in [-0.05, 0) is 68.3 Å². The predicted octanol–water partition coefficient (Wildman–Crippen LogP) is 5.49. The molecule has 2 rings (SSSR count). The lowest BCUT2D eigenvalue weighted by Gasteiger charge is -2.12. The molecule has 0 spiro atoms. The van der Waals surface area contributed by atoms with Crippen molar-refractivity contribution in [3.63, 3.8) is 0 Å². The van der Waals surface area contributed by atoms with Gasteiger partial charge in [0.15, 0.2) is 0 Å². The van der Waals surface area contributed by atoms with Gasteiger partial charge in [0.1, 0.15) is 5.75 Å². The molecule has 0 unspecified atom stereocenters. The molecule has 0 saturated heterocycles. The number of hydrogen-bond acceptors (Lipinski definition) is 2. The molecule has 0 saturated carbocycles. The lowest BCUT2D eigenvalue weighted by atomic mass is 10.1. The summed E-state index contributed by atoms with van der Waals surface area (Å²) in [5.74, 6) is 0.00942. The quantitative estimate of drug-likeness (QED) is 0.668. The van der Waals surface area contributed by atoms with Crippen LogP contribution in [0.15, 0.2) is 45.3 Å². The smallest absolute Gasteiger partial charge is 0.416 e. The van der Waals surface area contributed by atoms with Gasteiger partial charge in [-0.3, -0.25) is 4.79 Å². The molecular formula is C15H10Br2F3NO2. The van der Waals surface area contributed by atoms with Gasteiger partial charge in [-0.25, -0.2) is 0 Å². The Morgan fingerprint density at radius 2 is 1.78 bits per heavy atom. The highest BCUT2D eigenvalue weighted by Gasteiger charge is 2.31. The second-order valence-electron chi connectivity index (χ2n) is 4.50. The Morgan fingerprint density at radius 1 is 1.09 bits per heavy atom. The van der Waals surface area contributed by atoms with E-state index < -0.39 is 17.6 Å². The van der Waals surface area contributed by atoms with Crippen LogP contribution in [0.2, 0.25) is 0 Å². The zero-order valence-corrected chi connectivity index (χ0v) is 14.8. The Morgan fingerprint density at radius 3 is 2.35 bits per heavy atom. The number of rotatable bonds is 3. The van der Waals surface area contributed by atoms with Crippen LogP contribution in [0.1, 0.15) is 15.9 Å². The Labute approximate surface area is 147 Å². The second-order valence-corrected chi connectivity index (χ2v) is 6.20. The molecule has 0 aliphatic carbocycles. The minimum absolute atomic E-state index is 0.0387. The van der Waals surface area contributed by atoms with Crippen molar-refractivity contribution in [3.05, 3.63) is 56.5 Å². The second kappa shape index (κ2) is 6.92. The molecule has 23 heavy (non-hydrogen) atoms. The van der Waals surface area contributed by atoms with Crippen molar-refractivity contribution in [2.45, 2.75) is 6.18 Å². The molecule has 1 amide bonds. The van der Waals surface area contributed by atoms with Gasteiger partial charge in [-0.15, -0.1) is 0 Å².